The van der Waals surface area contributed by atoms with Crippen molar-refractivity contribution in [1.29, 1.82) is 0 Å². The van der Waals surface area contributed by atoms with Crippen LogP contribution in [0.4, 0.5) is 13.2 Å². The van der Waals surface area contributed by atoms with Gasteiger partial charge in [-0.15, -0.1) is 0 Å². The summed E-state index contributed by atoms with van der Waals surface area (Å²) in [4.78, 5) is 4.11. The average Bonchev–Trinajstić information content (AvgIpc) is 2.79. The second-order valence-corrected chi connectivity index (χ2v) is 4.58. The van der Waals surface area contributed by atoms with E-state index in [4.69, 9.17) is 4.42 Å². The Bertz CT molecular complexity index is 744. The van der Waals surface area contributed by atoms with Crippen LogP contribution in [0, 0.1) is 17.5 Å². The van der Waals surface area contributed by atoms with E-state index in [0.29, 0.717) is 23.2 Å². The van der Waals surface area contributed by atoms with Gasteiger partial charge >= 0.3 is 0 Å². The molecule has 1 N–H and O–H groups in total. The third kappa shape index (κ3) is 2.62. The average molecular weight is 293 g/mol. The monoisotopic (exact) mass is 293 g/mol. The van der Waals surface area contributed by atoms with Crippen LogP contribution in [0.2, 0.25) is 0 Å². The number of aliphatic hydroxyl groups is 1. The van der Waals surface area contributed by atoms with Gasteiger partial charge in [0.05, 0.1) is 18.1 Å². The lowest BCUT2D eigenvalue weighted by atomic mass is 10.1. The van der Waals surface area contributed by atoms with Crippen LogP contribution in [0.5, 0.6) is 0 Å². The number of hydrogen-bond donors (Lipinski definition) is 1. The number of hydrogen-bond acceptors (Lipinski definition) is 3. The van der Waals surface area contributed by atoms with Crippen molar-refractivity contribution in [3.05, 3.63) is 65.3 Å². The summed E-state index contributed by atoms with van der Waals surface area (Å²) in [5.41, 5.74) is 0.498. The van der Waals surface area contributed by atoms with E-state index < -0.39 is 29.1 Å². The molecule has 3 rings (SSSR count). The highest BCUT2D eigenvalue weighted by Gasteiger charge is 2.22. The van der Waals surface area contributed by atoms with Crippen LogP contribution in [-0.4, -0.2) is 10.1 Å². The molecular formula is C15H10F3NO2. The fourth-order valence-corrected chi connectivity index (χ4v) is 2.15. The molecular weight excluding hydrogens is 283 g/mol. The SMILES string of the molecule is OC(Cc1nc2ccccc2o1)c1c(F)cc(F)cc1F. The molecule has 1 heterocycles. The maximum atomic E-state index is 13.6. The van der Waals surface area contributed by atoms with Crippen molar-refractivity contribution in [3.8, 4) is 0 Å². The second-order valence-electron chi connectivity index (χ2n) is 4.58. The van der Waals surface area contributed by atoms with Crippen molar-refractivity contribution in [2.75, 3.05) is 0 Å². The molecule has 21 heavy (non-hydrogen) atoms. The Labute approximate surface area is 117 Å². The minimum absolute atomic E-state index is 0.145. The summed E-state index contributed by atoms with van der Waals surface area (Å²) in [6.07, 6.45) is -1.73. The molecule has 0 aliphatic carbocycles. The van der Waals surface area contributed by atoms with Crippen LogP contribution < -0.4 is 0 Å². The van der Waals surface area contributed by atoms with Gasteiger partial charge in [-0.25, -0.2) is 18.2 Å². The van der Waals surface area contributed by atoms with E-state index in [2.05, 4.69) is 4.98 Å². The van der Waals surface area contributed by atoms with E-state index >= 15 is 0 Å². The predicted molar refractivity (Wildman–Crippen MR) is 69.0 cm³/mol. The molecule has 0 aliphatic rings. The molecule has 0 amide bonds. The zero-order valence-corrected chi connectivity index (χ0v) is 10.7. The molecule has 0 bridgehead atoms. The molecule has 1 unspecified atom stereocenters. The molecule has 0 radical (unpaired) electrons. The molecule has 3 aromatic rings. The number of aliphatic hydroxyl groups excluding tert-OH is 1. The normalized spacial score (nSPS) is 12.8. The van der Waals surface area contributed by atoms with Gasteiger partial charge in [-0.05, 0) is 12.1 Å². The molecule has 0 spiro atoms. The minimum Gasteiger partial charge on any atom is -0.441 e. The van der Waals surface area contributed by atoms with Crippen LogP contribution in [0.3, 0.4) is 0 Å². The Kier molecular flexibility index (Phi) is 3.39. The summed E-state index contributed by atoms with van der Waals surface area (Å²) < 4.78 is 45.4. The van der Waals surface area contributed by atoms with Crippen molar-refractivity contribution < 1.29 is 22.7 Å². The predicted octanol–water partition coefficient (Wildman–Crippen LogP) is 3.52. The van der Waals surface area contributed by atoms with E-state index in [9.17, 15) is 18.3 Å². The number of halogens is 3. The van der Waals surface area contributed by atoms with Crippen molar-refractivity contribution >= 4 is 11.1 Å². The molecule has 0 saturated carbocycles. The van der Waals surface area contributed by atoms with Gasteiger partial charge < -0.3 is 9.52 Å². The number of para-hydroxylation sites is 2. The van der Waals surface area contributed by atoms with E-state index in [1.54, 1.807) is 24.3 Å². The van der Waals surface area contributed by atoms with Gasteiger partial charge in [0, 0.05) is 12.1 Å². The first-order valence-electron chi connectivity index (χ1n) is 6.21. The van der Waals surface area contributed by atoms with Crippen LogP contribution >= 0.6 is 0 Å². The third-order valence-electron chi connectivity index (χ3n) is 3.08. The molecule has 0 saturated heterocycles. The van der Waals surface area contributed by atoms with Crippen LogP contribution in [-0.2, 0) is 6.42 Å². The van der Waals surface area contributed by atoms with Crippen molar-refractivity contribution in [2.24, 2.45) is 0 Å². The second kappa shape index (κ2) is 5.21. The Morgan fingerprint density at radius 2 is 1.76 bits per heavy atom. The van der Waals surface area contributed by atoms with Gasteiger partial charge in [-0.2, -0.15) is 0 Å². The molecule has 1 atom stereocenters. The maximum absolute atomic E-state index is 13.6. The van der Waals surface area contributed by atoms with Crippen molar-refractivity contribution in [1.82, 2.24) is 4.98 Å². The zero-order chi connectivity index (χ0) is 15.0. The van der Waals surface area contributed by atoms with Gasteiger partial charge in [0.15, 0.2) is 11.5 Å². The van der Waals surface area contributed by atoms with Crippen molar-refractivity contribution in [3.63, 3.8) is 0 Å². The molecule has 0 fully saturated rings. The van der Waals surface area contributed by atoms with Gasteiger partial charge in [-0.1, -0.05) is 12.1 Å². The molecule has 2 aromatic carbocycles. The van der Waals surface area contributed by atoms with Crippen LogP contribution in [0.25, 0.3) is 11.1 Å². The number of rotatable bonds is 3. The van der Waals surface area contributed by atoms with Gasteiger partial charge in [0.2, 0.25) is 0 Å². The maximum Gasteiger partial charge on any atom is 0.198 e. The lowest BCUT2D eigenvalue weighted by Gasteiger charge is -2.11. The highest BCUT2D eigenvalue weighted by atomic mass is 19.1. The number of fused-ring (bicyclic) bond motifs is 1. The van der Waals surface area contributed by atoms with Crippen LogP contribution in [0.15, 0.2) is 40.8 Å². The largest absolute Gasteiger partial charge is 0.441 e. The smallest absolute Gasteiger partial charge is 0.198 e. The Morgan fingerprint density at radius 3 is 2.43 bits per heavy atom. The van der Waals surface area contributed by atoms with Crippen LogP contribution in [0.1, 0.15) is 17.6 Å². The van der Waals surface area contributed by atoms with Gasteiger partial charge in [-0.3, -0.25) is 0 Å². The Morgan fingerprint density at radius 1 is 1.10 bits per heavy atom. The lowest BCUT2D eigenvalue weighted by Crippen LogP contribution is -2.08. The van der Waals surface area contributed by atoms with E-state index in [0.717, 1.165) is 0 Å². The molecule has 3 nitrogen and oxygen atoms in total. The lowest BCUT2D eigenvalue weighted by molar-refractivity contribution is 0.159. The number of benzene rings is 2. The fraction of sp³-hybridized carbons (Fsp3) is 0.133. The zero-order valence-electron chi connectivity index (χ0n) is 10.7. The summed E-state index contributed by atoms with van der Waals surface area (Å²) in [5.74, 6) is -3.18. The fourth-order valence-electron chi connectivity index (χ4n) is 2.15. The number of nitrogens with zero attached hydrogens (tertiary/aromatic N) is 1. The van der Waals surface area contributed by atoms with Crippen molar-refractivity contribution in [2.45, 2.75) is 12.5 Å². The summed E-state index contributed by atoms with van der Waals surface area (Å²) in [6, 6.07) is 7.98. The quantitative estimate of drug-likeness (QED) is 0.803. The molecule has 0 aliphatic heterocycles. The molecule has 6 heteroatoms. The summed E-state index contributed by atoms with van der Waals surface area (Å²) in [7, 11) is 0. The Hall–Kier alpha value is -2.34. The van der Waals surface area contributed by atoms with E-state index in [-0.39, 0.29) is 12.3 Å². The van der Waals surface area contributed by atoms with Gasteiger partial charge in [0.1, 0.15) is 23.0 Å². The minimum atomic E-state index is -1.52. The van der Waals surface area contributed by atoms with E-state index in [1.165, 1.54) is 0 Å². The number of oxazole rings is 1. The first-order chi connectivity index (χ1) is 10.0. The first-order valence-corrected chi connectivity index (χ1v) is 6.21. The number of aromatic nitrogens is 1. The summed E-state index contributed by atoms with van der Waals surface area (Å²) in [5, 5.41) is 9.95. The molecule has 1 aromatic heterocycles. The van der Waals surface area contributed by atoms with Gasteiger partial charge in [0.25, 0.3) is 0 Å². The Balaban J connectivity index is 1.91. The highest BCUT2D eigenvalue weighted by molar-refractivity contribution is 5.72. The highest BCUT2D eigenvalue weighted by Crippen LogP contribution is 2.26. The summed E-state index contributed by atoms with van der Waals surface area (Å²) >= 11 is 0. The summed E-state index contributed by atoms with van der Waals surface area (Å²) in [6.45, 7) is 0. The molecule has 108 valence electrons. The van der Waals surface area contributed by atoms with E-state index in [1.807, 2.05) is 0 Å². The topological polar surface area (TPSA) is 46.3 Å². The third-order valence-corrected chi connectivity index (χ3v) is 3.08. The first kappa shape index (κ1) is 13.6. The standard InChI is InChI=1S/C15H10F3NO2/c16-8-5-9(17)15(10(18)6-8)12(20)7-14-19-11-3-1-2-4-13(11)21-14/h1-6,12,20H,7H2.